The van der Waals surface area contributed by atoms with Crippen LogP contribution in [0.25, 0.3) is 0 Å². The summed E-state index contributed by atoms with van der Waals surface area (Å²) in [6, 6.07) is 27.0. The summed E-state index contributed by atoms with van der Waals surface area (Å²) < 4.78 is 5.11. The first kappa shape index (κ1) is 18.4. The van der Waals surface area contributed by atoms with Gasteiger partial charge in [-0.3, -0.25) is 0 Å². The van der Waals surface area contributed by atoms with E-state index in [-0.39, 0.29) is 5.97 Å². The maximum atomic E-state index is 12.6. The Morgan fingerprint density at radius 3 is 1.85 bits per heavy atom. The fraction of sp³-hybridized carbons (Fsp3) is 0.174. The molecule has 0 aromatic heterocycles. The Morgan fingerprint density at radius 2 is 1.38 bits per heavy atom. The Morgan fingerprint density at radius 1 is 0.846 bits per heavy atom. The molecule has 0 aliphatic heterocycles. The molecule has 0 heterocycles. The van der Waals surface area contributed by atoms with Gasteiger partial charge in [-0.2, -0.15) is 0 Å². The second kappa shape index (κ2) is 8.29. The molecule has 0 N–H and O–H groups in total. The molecule has 3 rings (SSSR count). The molecule has 0 bridgehead atoms. The Balaban J connectivity index is 2.23. The maximum absolute atomic E-state index is 12.6. The SMILES string of the molecule is COC(=O)c1cc(C(C)C)ccc1P(c1ccccc1)c1ccccc1. The van der Waals surface area contributed by atoms with Crippen LogP contribution in [0.4, 0.5) is 0 Å². The molecule has 0 unspecified atom stereocenters. The van der Waals surface area contributed by atoms with Crippen LogP contribution in [-0.2, 0) is 4.74 Å². The number of methoxy groups -OCH3 is 1. The molecule has 26 heavy (non-hydrogen) atoms. The summed E-state index contributed by atoms with van der Waals surface area (Å²) in [5, 5.41) is 3.47. The molecule has 3 aromatic rings. The summed E-state index contributed by atoms with van der Waals surface area (Å²) in [5.74, 6) is 0.0778. The lowest BCUT2D eigenvalue weighted by Gasteiger charge is -2.22. The number of benzene rings is 3. The van der Waals surface area contributed by atoms with Crippen LogP contribution in [0, 0.1) is 0 Å². The summed E-state index contributed by atoms with van der Waals surface area (Å²) >= 11 is 0. The molecule has 132 valence electrons. The predicted molar refractivity (Wildman–Crippen MR) is 111 cm³/mol. The van der Waals surface area contributed by atoms with Gasteiger partial charge in [0.2, 0.25) is 0 Å². The van der Waals surface area contributed by atoms with Crippen molar-refractivity contribution in [2.24, 2.45) is 0 Å². The lowest BCUT2D eigenvalue weighted by atomic mass is 10.0. The summed E-state index contributed by atoms with van der Waals surface area (Å²) in [5.41, 5.74) is 1.81. The lowest BCUT2D eigenvalue weighted by Crippen LogP contribution is -2.26. The highest BCUT2D eigenvalue weighted by Gasteiger charge is 2.23. The molecular formula is C23H23O2P. The number of esters is 1. The fourth-order valence-electron chi connectivity index (χ4n) is 2.96. The Kier molecular flexibility index (Phi) is 5.85. The van der Waals surface area contributed by atoms with Gasteiger partial charge in [0.15, 0.2) is 0 Å². The molecule has 0 amide bonds. The van der Waals surface area contributed by atoms with Gasteiger partial charge >= 0.3 is 5.97 Å². The van der Waals surface area contributed by atoms with Crippen LogP contribution in [-0.4, -0.2) is 13.1 Å². The van der Waals surface area contributed by atoms with Crippen molar-refractivity contribution in [1.29, 1.82) is 0 Å². The van der Waals surface area contributed by atoms with Crippen molar-refractivity contribution < 1.29 is 9.53 Å². The zero-order chi connectivity index (χ0) is 18.5. The van der Waals surface area contributed by atoms with Gasteiger partial charge in [-0.25, -0.2) is 4.79 Å². The highest BCUT2D eigenvalue weighted by atomic mass is 31.1. The van der Waals surface area contributed by atoms with E-state index in [2.05, 4.69) is 50.2 Å². The normalized spacial score (nSPS) is 11.0. The number of hydrogen-bond acceptors (Lipinski definition) is 2. The van der Waals surface area contributed by atoms with Crippen molar-refractivity contribution in [2.45, 2.75) is 19.8 Å². The number of ether oxygens (including phenoxy) is 1. The number of carbonyl (C=O) groups excluding carboxylic acids is 1. The standard InChI is InChI=1S/C23H23O2P/c1-17(2)18-14-15-22(21(16-18)23(24)25-3)26(19-10-6-4-7-11-19)20-12-8-5-9-13-20/h4-17H,1-3H3. The van der Waals surface area contributed by atoms with Crippen LogP contribution in [0.5, 0.6) is 0 Å². The third-order valence-corrected chi connectivity index (χ3v) is 6.86. The van der Waals surface area contributed by atoms with Gasteiger partial charge < -0.3 is 4.74 Å². The maximum Gasteiger partial charge on any atom is 0.338 e. The Labute approximate surface area is 156 Å². The minimum absolute atomic E-state index is 0.276. The van der Waals surface area contributed by atoms with E-state index < -0.39 is 7.92 Å². The van der Waals surface area contributed by atoms with Crippen LogP contribution < -0.4 is 15.9 Å². The number of carbonyl (C=O) groups is 1. The van der Waals surface area contributed by atoms with E-state index >= 15 is 0 Å². The molecule has 0 saturated heterocycles. The lowest BCUT2D eigenvalue weighted by molar-refractivity contribution is 0.0602. The smallest absolute Gasteiger partial charge is 0.338 e. The van der Waals surface area contributed by atoms with Gasteiger partial charge in [0, 0.05) is 0 Å². The molecular weight excluding hydrogens is 339 g/mol. The third kappa shape index (κ3) is 3.86. The summed E-state index contributed by atoms with van der Waals surface area (Å²) in [4.78, 5) is 12.6. The monoisotopic (exact) mass is 362 g/mol. The first-order chi connectivity index (χ1) is 12.6. The summed E-state index contributed by atoms with van der Waals surface area (Å²) in [7, 11) is 0.608. The molecule has 0 aliphatic carbocycles. The minimum atomic E-state index is -0.837. The van der Waals surface area contributed by atoms with Crippen molar-refractivity contribution in [3.05, 3.63) is 90.0 Å². The molecule has 0 aliphatic rings. The quantitative estimate of drug-likeness (QED) is 0.498. The van der Waals surface area contributed by atoms with Crippen LogP contribution in [0.3, 0.4) is 0 Å². The van der Waals surface area contributed by atoms with Crippen molar-refractivity contribution in [1.82, 2.24) is 0 Å². The molecule has 2 nitrogen and oxygen atoms in total. The predicted octanol–water partition coefficient (Wildman–Crippen LogP) is 4.35. The Hall–Kier alpha value is -2.44. The molecule has 3 heteroatoms. The van der Waals surface area contributed by atoms with Crippen molar-refractivity contribution in [3.63, 3.8) is 0 Å². The molecule has 0 atom stereocenters. The highest BCUT2D eigenvalue weighted by Crippen LogP contribution is 2.35. The van der Waals surface area contributed by atoms with E-state index in [1.165, 1.54) is 17.7 Å². The van der Waals surface area contributed by atoms with E-state index in [1.807, 2.05) is 42.5 Å². The number of rotatable bonds is 5. The molecule has 0 fully saturated rings. The van der Waals surface area contributed by atoms with Crippen LogP contribution in [0.2, 0.25) is 0 Å². The van der Waals surface area contributed by atoms with E-state index in [0.717, 1.165) is 10.9 Å². The third-order valence-electron chi connectivity index (χ3n) is 4.36. The largest absolute Gasteiger partial charge is 0.465 e. The first-order valence-electron chi connectivity index (χ1n) is 8.74. The van der Waals surface area contributed by atoms with Crippen LogP contribution >= 0.6 is 7.92 Å². The van der Waals surface area contributed by atoms with E-state index in [9.17, 15) is 4.79 Å². The zero-order valence-electron chi connectivity index (χ0n) is 15.3. The van der Waals surface area contributed by atoms with Crippen molar-refractivity contribution in [3.8, 4) is 0 Å². The first-order valence-corrected chi connectivity index (χ1v) is 10.1. The average Bonchev–Trinajstić information content (AvgIpc) is 2.69. The van der Waals surface area contributed by atoms with Crippen molar-refractivity contribution in [2.75, 3.05) is 7.11 Å². The van der Waals surface area contributed by atoms with E-state index in [0.29, 0.717) is 11.5 Å². The van der Waals surface area contributed by atoms with Gasteiger partial charge in [-0.15, -0.1) is 0 Å². The summed E-state index contributed by atoms with van der Waals surface area (Å²) in [6.45, 7) is 4.26. The highest BCUT2D eigenvalue weighted by molar-refractivity contribution is 7.80. The molecule has 0 saturated carbocycles. The van der Waals surface area contributed by atoms with E-state index in [1.54, 1.807) is 0 Å². The Bertz CT molecular complexity index is 834. The van der Waals surface area contributed by atoms with Gasteiger partial charge in [0.1, 0.15) is 0 Å². The molecule has 0 spiro atoms. The fourth-order valence-corrected chi connectivity index (χ4v) is 5.38. The molecule has 0 radical (unpaired) electrons. The number of hydrogen-bond donors (Lipinski definition) is 0. The van der Waals surface area contributed by atoms with Gasteiger partial charge in [0.05, 0.1) is 12.7 Å². The second-order valence-corrected chi connectivity index (χ2v) is 8.61. The average molecular weight is 362 g/mol. The van der Waals surface area contributed by atoms with Crippen LogP contribution in [0.15, 0.2) is 78.9 Å². The van der Waals surface area contributed by atoms with Gasteiger partial charge in [0.25, 0.3) is 0 Å². The minimum Gasteiger partial charge on any atom is -0.465 e. The van der Waals surface area contributed by atoms with Gasteiger partial charge in [-0.1, -0.05) is 86.6 Å². The topological polar surface area (TPSA) is 26.3 Å². The molecule has 3 aromatic carbocycles. The zero-order valence-corrected chi connectivity index (χ0v) is 16.2. The second-order valence-electron chi connectivity index (χ2n) is 6.43. The summed E-state index contributed by atoms with van der Waals surface area (Å²) in [6.07, 6.45) is 0. The van der Waals surface area contributed by atoms with E-state index in [4.69, 9.17) is 4.74 Å². The van der Waals surface area contributed by atoms with Crippen molar-refractivity contribution >= 4 is 29.8 Å². The van der Waals surface area contributed by atoms with Crippen LogP contribution in [0.1, 0.15) is 35.7 Å². The van der Waals surface area contributed by atoms with Gasteiger partial charge in [-0.05, 0) is 41.4 Å².